The van der Waals surface area contributed by atoms with E-state index in [1.807, 2.05) is 16.3 Å². The lowest BCUT2D eigenvalue weighted by molar-refractivity contribution is -0.130. The number of likely N-dealkylation sites (tertiary alicyclic amines) is 1. The van der Waals surface area contributed by atoms with Gasteiger partial charge in [-0.2, -0.15) is 0 Å². The molecule has 1 atom stereocenters. The normalized spacial score (nSPS) is 21.8. The quantitative estimate of drug-likeness (QED) is 0.825. The highest BCUT2D eigenvalue weighted by Gasteiger charge is 2.38. The minimum atomic E-state index is -0.290. The first-order valence-corrected chi connectivity index (χ1v) is 10.2. The molecule has 1 saturated carbocycles. The number of carbonyl (C=O) groups excluding carboxylic acids is 2. The van der Waals surface area contributed by atoms with Crippen LogP contribution in [0.3, 0.4) is 0 Å². The van der Waals surface area contributed by atoms with Gasteiger partial charge in [-0.05, 0) is 25.0 Å². The van der Waals surface area contributed by atoms with Crippen molar-refractivity contribution in [2.24, 2.45) is 5.92 Å². The molecule has 0 bridgehead atoms. The molecule has 0 aromatic carbocycles. The molecule has 1 aliphatic carbocycles. The standard InChI is InChI=1S/C19H23N3O3S/c23-17-10-13(11-22(17)14-6-3-1-2-4-7-14)18(24)21-19-20-15(12-26-19)16-8-5-9-25-16/h5,8-9,12-14H,1-4,6-7,10-11H2,(H,20,21,24). The van der Waals surface area contributed by atoms with Crippen LogP contribution in [-0.2, 0) is 9.59 Å². The van der Waals surface area contributed by atoms with E-state index in [0.717, 1.165) is 12.8 Å². The van der Waals surface area contributed by atoms with E-state index in [1.165, 1.54) is 37.0 Å². The number of nitrogens with zero attached hydrogens (tertiary/aromatic N) is 2. The third-order valence-corrected chi connectivity index (χ3v) is 6.06. The fourth-order valence-electron chi connectivity index (χ4n) is 3.91. The molecular formula is C19H23N3O3S. The maximum absolute atomic E-state index is 12.6. The van der Waals surface area contributed by atoms with Crippen molar-refractivity contribution in [3.05, 3.63) is 23.8 Å². The Morgan fingerprint density at radius 3 is 2.81 bits per heavy atom. The van der Waals surface area contributed by atoms with Crippen LogP contribution in [0.15, 0.2) is 28.2 Å². The highest BCUT2D eigenvalue weighted by Crippen LogP contribution is 2.30. The Balaban J connectivity index is 1.37. The number of thiazole rings is 1. The molecule has 1 saturated heterocycles. The number of amides is 2. The SMILES string of the molecule is O=C(Nc1nc(-c2ccco2)cs1)C1CC(=O)N(C2CCCCCC2)C1. The molecule has 2 aromatic heterocycles. The Kier molecular flexibility index (Phi) is 5.06. The van der Waals surface area contributed by atoms with Crippen LogP contribution in [0.4, 0.5) is 5.13 Å². The summed E-state index contributed by atoms with van der Waals surface area (Å²) in [5.74, 6) is 0.390. The van der Waals surface area contributed by atoms with E-state index in [2.05, 4.69) is 10.3 Å². The number of aromatic nitrogens is 1. The second kappa shape index (κ2) is 7.61. The maximum Gasteiger partial charge on any atom is 0.231 e. The monoisotopic (exact) mass is 373 g/mol. The first-order chi connectivity index (χ1) is 12.7. The van der Waals surface area contributed by atoms with Gasteiger partial charge in [-0.3, -0.25) is 9.59 Å². The summed E-state index contributed by atoms with van der Waals surface area (Å²) in [6.07, 6.45) is 8.91. The predicted octanol–water partition coefficient (Wildman–Crippen LogP) is 3.91. The molecule has 2 aliphatic rings. The Morgan fingerprint density at radius 1 is 1.27 bits per heavy atom. The van der Waals surface area contributed by atoms with Crippen molar-refractivity contribution in [1.29, 1.82) is 0 Å². The summed E-state index contributed by atoms with van der Waals surface area (Å²) in [5.41, 5.74) is 0.706. The molecule has 0 spiro atoms. The minimum Gasteiger partial charge on any atom is -0.463 e. The molecule has 2 aromatic rings. The second-order valence-electron chi connectivity index (χ2n) is 7.10. The van der Waals surface area contributed by atoms with Crippen molar-refractivity contribution < 1.29 is 14.0 Å². The van der Waals surface area contributed by atoms with Gasteiger partial charge in [0.15, 0.2) is 10.9 Å². The topological polar surface area (TPSA) is 75.4 Å². The molecule has 6 nitrogen and oxygen atoms in total. The molecule has 4 rings (SSSR count). The second-order valence-corrected chi connectivity index (χ2v) is 7.96. The molecule has 2 amide bonds. The lowest BCUT2D eigenvalue weighted by atomic mass is 10.1. The van der Waals surface area contributed by atoms with Crippen LogP contribution in [0.1, 0.15) is 44.9 Å². The summed E-state index contributed by atoms with van der Waals surface area (Å²) in [6, 6.07) is 3.95. The van der Waals surface area contributed by atoms with Gasteiger partial charge in [-0.15, -0.1) is 11.3 Å². The fraction of sp³-hybridized carbons (Fsp3) is 0.526. The number of hydrogen-bond acceptors (Lipinski definition) is 5. The molecule has 2 fully saturated rings. The van der Waals surface area contributed by atoms with Crippen molar-refractivity contribution in [1.82, 2.24) is 9.88 Å². The van der Waals surface area contributed by atoms with E-state index in [9.17, 15) is 9.59 Å². The number of furan rings is 1. The molecular weight excluding hydrogens is 350 g/mol. The van der Waals surface area contributed by atoms with Crippen LogP contribution in [0.2, 0.25) is 0 Å². The van der Waals surface area contributed by atoms with Crippen molar-refractivity contribution in [3.8, 4) is 11.5 Å². The number of rotatable bonds is 4. The number of nitrogens with one attached hydrogen (secondary N) is 1. The summed E-state index contributed by atoms with van der Waals surface area (Å²) < 4.78 is 5.32. The van der Waals surface area contributed by atoms with Gasteiger partial charge in [0, 0.05) is 24.4 Å². The lowest BCUT2D eigenvalue weighted by Gasteiger charge is -2.27. The van der Waals surface area contributed by atoms with E-state index in [1.54, 1.807) is 12.3 Å². The fourth-order valence-corrected chi connectivity index (χ4v) is 4.61. The summed E-state index contributed by atoms with van der Waals surface area (Å²) in [6.45, 7) is 0.533. The van der Waals surface area contributed by atoms with Crippen LogP contribution in [0.25, 0.3) is 11.5 Å². The summed E-state index contributed by atoms with van der Waals surface area (Å²) in [5, 5.41) is 5.27. The lowest BCUT2D eigenvalue weighted by Crippen LogP contribution is -2.37. The van der Waals surface area contributed by atoms with Crippen LogP contribution in [0.5, 0.6) is 0 Å². The Bertz CT molecular complexity index is 763. The van der Waals surface area contributed by atoms with E-state index in [4.69, 9.17) is 4.42 Å². The highest BCUT2D eigenvalue weighted by molar-refractivity contribution is 7.14. The van der Waals surface area contributed by atoms with Gasteiger partial charge < -0.3 is 14.6 Å². The van der Waals surface area contributed by atoms with E-state index in [0.29, 0.717) is 35.6 Å². The summed E-state index contributed by atoms with van der Waals surface area (Å²) in [7, 11) is 0. The maximum atomic E-state index is 12.6. The number of carbonyl (C=O) groups is 2. The smallest absolute Gasteiger partial charge is 0.231 e. The molecule has 1 N–H and O–H groups in total. The van der Waals surface area contributed by atoms with Crippen molar-refractivity contribution >= 4 is 28.3 Å². The van der Waals surface area contributed by atoms with Gasteiger partial charge in [0.05, 0.1) is 12.2 Å². The Morgan fingerprint density at radius 2 is 2.08 bits per heavy atom. The highest BCUT2D eigenvalue weighted by atomic mass is 32.1. The largest absolute Gasteiger partial charge is 0.463 e. The number of hydrogen-bond donors (Lipinski definition) is 1. The Labute approximate surface area is 156 Å². The minimum absolute atomic E-state index is 0.116. The predicted molar refractivity (Wildman–Crippen MR) is 99.8 cm³/mol. The van der Waals surface area contributed by atoms with E-state index in [-0.39, 0.29) is 17.7 Å². The van der Waals surface area contributed by atoms with E-state index < -0.39 is 0 Å². The zero-order chi connectivity index (χ0) is 17.9. The van der Waals surface area contributed by atoms with Crippen LogP contribution in [-0.4, -0.2) is 34.3 Å². The first kappa shape index (κ1) is 17.3. The number of anilines is 1. The zero-order valence-electron chi connectivity index (χ0n) is 14.6. The Hall–Kier alpha value is -2.15. The van der Waals surface area contributed by atoms with E-state index >= 15 is 0 Å². The molecule has 138 valence electrons. The van der Waals surface area contributed by atoms with Crippen molar-refractivity contribution in [2.45, 2.75) is 51.0 Å². The van der Waals surface area contributed by atoms with Gasteiger partial charge in [-0.25, -0.2) is 4.98 Å². The average molecular weight is 373 g/mol. The van der Waals surface area contributed by atoms with Gasteiger partial charge >= 0.3 is 0 Å². The van der Waals surface area contributed by atoms with Crippen molar-refractivity contribution in [2.75, 3.05) is 11.9 Å². The first-order valence-electron chi connectivity index (χ1n) is 9.30. The molecule has 1 aliphatic heterocycles. The van der Waals surface area contributed by atoms with Crippen LogP contribution < -0.4 is 5.32 Å². The molecule has 3 heterocycles. The molecule has 1 unspecified atom stereocenters. The van der Waals surface area contributed by atoms with Gasteiger partial charge in [-0.1, -0.05) is 25.7 Å². The molecule has 7 heteroatoms. The van der Waals surface area contributed by atoms with Crippen LogP contribution >= 0.6 is 11.3 Å². The van der Waals surface area contributed by atoms with Crippen LogP contribution in [0, 0.1) is 5.92 Å². The van der Waals surface area contributed by atoms with Crippen molar-refractivity contribution in [3.63, 3.8) is 0 Å². The third-order valence-electron chi connectivity index (χ3n) is 5.30. The third kappa shape index (κ3) is 3.67. The van der Waals surface area contributed by atoms with Gasteiger partial charge in [0.1, 0.15) is 5.69 Å². The summed E-state index contributed by atoms with van der Waals surface area (Å²) >= 11 is 1.37. The molecule has 0 radical (unpaired) electrons. The van der Waals surface area contributed by atoms with Gasteiger partial charge in [0.25, 0.3) is 0 Å². The summed E-state index contributed by atoms with van der Waals surface area (Å²) in [4.78, 5) is 31.4. The zero-order valence-corrected chi connectivity index (χ0v) is 15.5. The average Bonchev–Trinajstić information content (AvgIpc) is 3.34. The van der Waals surface area contributed by atoms with Gasteiger partial charge in [0.2, 0.25) is 11.8 Å². The molecule has 26 heavy (non-hydrogen) atoms.